The summed E-state index contributed by atoms with van der Waals surface area (Å²) in [5.74, 6) is 0.336. The molecule has 0 spiro atoms. The number of esters is 1. The minimum absolute atomic E-state index is 0.195. The van der Waals surface area contributed by atoms with Crippen molar-refractivity contribution in [3.63, 3.8) is 0 Å². The number of fused-ring (bicyclic) bond motifs is 1. The summed E-state index contributed by atoms with van der Waals surface area (Å²) in [6.45, 7) is 6.21. The lowest BCUT2D eigenvalue weighted by Crippen LogP contribution is -2.40. The van der Waals surface area contributed by atoms with Gasteiger partial charge in [0.2, 0.25) is 0 Å². The van der Waals surface area contributed by atoms with Crippen molar-refractivity contribution in [2.24, 2.45) is 4.99 Å². The number of ether oxygens (including phenoxy) is 1. The maximum atomic E-state index is 14.1. The van der Waals surface area contributed by atoms with Crippen LogP contribution in [-0.4, -0.2) is 27.1 Å². The second-order valence-electron chi connectivity index (χ2n) is 10.0. The molecule has 8 nitrogen and oxygen atoms in total. The summed E-state index contributed by atoms with van der Waals surface area (Å²) in [6, 6.07) is 22.2. The van der Waals surface area contributed by atoms with E-state index in [2.05, 4.69) is 23.8 Å². The minimum Gasteiger partial charge on any atom is -0.463 e. The molecule has 1 aliphatic rings. The Kier molecular flexibility index (Phi) is 8.22. The van der Waals surface area contributed by atoms with E-state index in [0.29, 0.717) is 42.5 Å². The Labute approximate surface area is 256 Å². The summed E-state index contributed by atoms with van der Waals surface area (Å²) >= 11 is 2.54. The van der Waals surface area contributed by atoms with Crippen LogP contribution in [0.15, 0.2) is 115 Å². The van der Waals surface area contributed by atoms with E-state index in [1.165, 1.54) is 23.1 Å². The molecule has 6 rings (SSSR count). The Morgan fingerprint density at radius 1 is 1.05 bits per heavy atom. The van der Waals surface area contributed by atoms with Gasteiger partial charge in [-0.15, -0.1) is 0 Å². The van der Waals surface area contributed by atoms with Crippen LogP contribution < -0.4 is 14.9 Å². The summed E-state index contributed by atoms with van der Waals surface area (Å²) in [5.41, 5.74) is 3.26. The number of carbonyl (C=O) groups is 1. The van der Waals surface area contributed by atoms with Gasteiger partial charge in [0.05, 0.1) is 28.5 Å². The van der Waals surface area contributed by atoms with Crippen LogP contribution in [-0.2, 0) is 9.53 Å². The number of hydrogen-bond donors (Lipinski definition) is 0. The fourth-order valence-corrected chi connectivity index (χ4v) is 6.51. The van der Waals surface area contributed by atoms with Crippen LogP contribution in [0.5, 0.6) is 0 Å². The van der Waals surface area contributed by atoms with E-state index in [9.17, 15) is 9.59 Å². The molecule has 4 heterocycles. The van der Waals surface area contributed by atoms with Gasteiger partial charge in [0, 0.05) is 24.0 Å². The first kappa shape index (κ1) is 28.6. The van der Waals surface area contributed by atoms with Crippen LogP contribution in [0.25, 0.3) is 11.8 Å². The first-order valence-electron chi connectivity index (χ1n) is 13.9. The molecule has 5 aromatic rings. The number of carbonyl (C=O) groups excluding carboxylic acids is 1. The van der Waals surface area contributed by atoms with Gasteiger partial charge in [0.15, 0.2) is 15.1 Å². The van der Waals surface area contributed by atoms with Crippen LogP contribution in [0, 0.1) is 0 Å². The van der Waals surface area contributed by atoms with Gasteiger partial charge in [-0.25, -0.2) is 19.8 Å². The van der Waals surface area contributed by atoms with E-state index < -0.39 is 12.0 Å². The standard InChI is InChI=1S/C33H28N4O4S2/c1-4-40-31(39)27-28(22-9-6-5-7-10-22)36-33-37(29(27)23-13-11-21(12-14-23)20(2)3)30(38)25(42-33)19-24-15-16-26(41-24)43-32-34-17-8-18-35-32/h5-20,29H,4H2,1-3H3/b25-19+/t29-/m1/s1. The minimum atomic E-state index is -0.730. The third kappa shape index (κ3) is 5.89. The summed E-state index contributed by atoms with van der Waals surface area (Å²) < 4.78 is 13.6. The molecule has 2 aromatic carbocycles. The van der Waals surface area contributed by atoms with Gasteiger partial charge in [-0.05, 0) is 53.9 Å². The molecule has 0 saturated heterocycles. The predicted octanol–water partition coefficient (Wildman–Crippen LogP) is 5.59. The normalized spacial score (nSPS) is 15.0. The van der Waals surface area contributed by atoms with Crippen LogP contribution in [0.2, 0.25) is 0 Å². The zero-order valence-corrected chi connectivity index (χ0v) is 25.4. The van der Waals surface area contributed by atoms with E-state index in [0.717, 1.165) is 16.7 Å². The molecule has 216 valence electrons. The van der Waals surface area contributed by atoms with Crippen molar-refractivity contribution in [2.45, 2.75) is 43.0 Å². The Morgan fingerprint density at radius 2 is 1.79 bits per heavy atom. The zero-order chi connectivity index (χ0) is 29.9. The van der Waals surface area contributed by atoms with Gasteiger partial charge in [-0.3, -0.25) is 9.36 Å². The predicted molar refractivity (Wildman–Crippen MR) is 166 cm³/mol. The average molecular weight is 609 g/mol. The number of furan rings is 1. The molecule has 1 atom stereocenters. The molecule has 0 aliphatic carbocycles. The Morgan fingerprint density at radius 3 is 2.49 bits per heavy atom. The zero-order valence-electron chi connectivity index (χ0n) is 23.8. The molecular formula is C33H28N4O4S2. The third-order valence-corrected chi connectivity index (χ3v) is 8.70. The van der Waals surface area contributed by atoms with E-state index in [-0.39, 0.29) is 12.2 Å². The molecule has 0 N–H and O–H groups in total. The third-order valence-electron chi connectivity index (χ3n) is 6.90. The molecular weight excluding hydrogens is 581 g/mol. The van der Waals surface area contributed by atoms with Crippen molar-refractivity contribution in [1.29, 1.82) is 0 Å². The lowest BCUT2D eigenvalue weighted by atomic mass is 9.91. The highest BCUT2D eigenvalue weighted by atomic mass is 32.2. The van der Waals surface area contributed by atoms with Crippen molar-refractivity contribution in [2.75, 3.05) is 6.61 Å². The van der Waals surface area contributed by atoms with Crippen molar-refractivity contribution >= 4 is 40.8 Å². The van der Waals surface area contributed by atoms with Crippen molar-refractivity contribution in [3.05, 3.63) is 133 Å². The number of nitrogens with zero attached hydrogens (tertiary/aromatic N) is 4. The summed E-state index contributed by atoms with van der Waals surface area (Å²) in [5, 5.41) is 1.16. The molecule has 0 radical (unpaired) electrons. The fraction of sp³-hybridized carbons (Fsp3) is 0.182. The monoisotopic (exact) mass is 608 g/mol. The van der Waals surface area contributed by atoms with Crippen LogP contribution in [0.4, 0.5) is 0 Å². The van der Waals surface area contributed by atoms with Gasteiger partial charge in [-0.1, -0.05) is 79.8 Å². The van der Waals surface area contributed by atoms with Gasteiger partial charge < -0.3 is 9.15 Å². The maximum Gasteiger partial charge on any atom is 0.338 e. The molecule has 0 bridgehead atoms. The van der Waals surface area contributed by atoms with E-state index in [4.69, 9.17) is 14.1 Å². The Balaban J connectivity index is 1.52. The van der Waals surface area contributed by atoms with E-state index in [1.807, 2.05) is 60.7 Å². The highest BCUT2D eigenvalue weighted by Gasteiger charge is 2.35. The smallest absolute Gasteiger partial charge is 0.338 e. The summed E-state index contributed by atoms with van der Waals surface area (Å²) in [6.07, 6.45) is 5.04. The molecule has 0 saturated carbocycles. The first-order chi connectivity index (χ1) is 20.9. The van der Waals surface area contributed by atoms with Gasteiger partial charge >= 0.3 is 5.97 Å². The van der Waals surface area contributed by atoms with E-state index >= 15 is 0 Å². The summed E-state index contributed by atoms with van der Waals surface area (Å²) in [7, 11) is 0. The highest BCUT2D eigenvalue weighted by Crippen LogP contribution is 2.35. The number of aromatic nitrogens is 3. The second kappa shape index (κ2) is 12.4. The van der Waals surface area contributed by atoms with Gasteiger partial charge in [-0.2, -0.15) is 0 Å². The largest absolute Gasteiger partial charge is 0.463 e. The second-order valence-corrected chi connectivity index (χ2v) is 12.0. The fourth-order valence-electron chi connectivity index (χ4n) is 4.84. The van der Waals surface area contributed by atoms with Crippen LogP contribution >= 0.6 is 23.1 Å². The Bertz CT molecular complexity index is 1980. The molecule has 10 heteroatoms. The Hall–Kier alpha value is -4.54. The lowest BCUT2D eigenvalue weighted by Gasteiger charge is -2.26. The van der Waals surface area contributed by atoms with Gasteiger partial charge in [0.25, 0.3) is 5.56 Å². The van der Waals surface area contributed by atoms with Crippen molar-refractivity contribution in [3.8, 4) is 0 Å². The number of benzene rings is 2. The van der Waals surface area contributed by atoms with Gasteiger partial charge in [0.1, 0.15) is 5.76 Å². The number of thiazole rings is 1. The molecule has 0 unspecified atom stereocenters. The topological polar surface area (TPSA) is 99.6 Å². The maximum absolute atomic E-state index is 14.1. The molecule has 0 amide bonds. The quantitative estimate of drug-likeness (QED) is 0.167. The molecule has 1 aliphatic heterocycles. The molecule has 3 aromatic heterocycles. The van der Waals surface area contributed by atoms with E-state index in [1.54, 1.807) is 42.1 Å². The lowest BCUT2D eigenvalue weighted by molar-refractivity contribution is -0.138. The highest BCUT2D eigenvalue weighted by molar-refractivity contribution is 7.99. The number of hydrogen-bond acceptors (Lipinski definition) is 9. The van der Waals surface area contributed by atoms with Crippen molar-refractivity contribution in [1.82, 2.24) is 14.5 Å². The SMILES string of the molecule is CCOC(=O)C1=C(c2ccccc2)N=c2s/c(=C/c3ccc(Sc4ncccn4)o3)c(=O)n2[C@@H]1c1ccc(C(C)C)cc1. The first-order valence-corrected chi connectivity index (χ1v) is 15.5. The molecule has 43 heavy (non-hydrogen) atoms. The number of rotatable bonds is 8. The van der Waals surface area contributed by atoms with Crippen LogP contribution in [0.1, 0.15) is 55.2 Å². The summed E-state index contributed by atoms with van der Waals surface area (Å²) in [4.78, 5) is 41.5. The van der Waals surface area contributed by atoms with Crippen LogP contribution in [0.3, 0.4) is 0 Å². The average Bonchev–Trinajstić information content (AvgIpc) is 3.60. The van der Waals surface area contributed by atoms with Crippen molar-refractivity contribution < 1.29 is 13.9 Å². The molecule has 0 fully saturated rings.